The Labute approximate surface area is 370 Å². The van der Waals surface area contributed by atoms with Gasteiger partial charge in [-0.25, -0.2) is 4.98 Å². The smallest absolute Gasteiger partial charge is 0.146 e. The van der Waals surface area contributed by atoms with Crippen LogP contribution in [0.4, 0.5) is 0 Å². The number of pyridine rings is 1. The number of hydrogen-bond donors (Lipinski definition) is 0. The fourth-order valence-corrected chi connectivity index (χ4v) is 10.6. The summed E-state index contributed by atoms with van der Waals surface area (Å²) in [6.07, 6.45) is 8.45. The van der Waals surface area contributed by atoms with Crippen molar-refractivity contribution >= 4 is 98.3 Å². The van der Waals surface area contributed by atoms with Gasteiger partial charge in [-0.3, -0.25) is 4.40 Å². The van der Waals surface area contributed by atoms with Crippen molar-refractivity contribution in [1.82, 2.24) is 9.38 Å². The first-order valence-corrected chi connectivity index (χ1v) is 22.2. The van der Waals surface area contributed by atoms with Crippen LogP contribution in [0.15, 0.2) is 218 Å². The lowest BCUT2D eigenvalue weighted by Gasteiger charge is -2.19. The van der Waals surface area contributed by atoms with Crippen molar-refractivity contribution in [3.63, 3.8) is 0 Å². The molecule has 298 valence electrons. The van der Waals surface area contributed by atoms with Gasteiger partial charge in [0.15, 0.2) is 0 Å². The molecule has 0 radical (unpaired) electrons. The maximum Gasteiger partial charge on any atom is 0.146 e. The maximum absolute atomic E-state index is 5.53. The zero-order valence-corrected chi connectivity index (χ0v) is 35.3. The van der Waals surface area contributed by atoms with E-state index in [0.717, 1.165) is 27.6 Å². The molecule has 0 amide bonds. The summed E-state index contributed by atoms with van der Waals surface area (Å²) in [6.45, 7) is 2.05. The van der Waals surface area contributed by atoms with Crippen LogP contribution in [0.1, 0.15) is 12.5 Å². The van der Waals surface area contributed by atoms with Gasteiger partial charge in [0, 0.05) is 21.5 Å². The first-order chi connectivity index (χ1) is 31.7. The highest BCUT2D eigenvalue weighted by Crippen LogP contribution is 2.46. The zero-order valence-electron chi connectivity index (χ0n) is 35.3. The summed E-state index contributed by atoms with van der Waals surface area (Å²) in [5.41, 5.74) is 12.8. The molecule has 0 bridgehead atoms. The summed E-state index contributed by atoms with van der Waals surface area (Å²) in [6, 6.07) is 74.0. The highest BCUT2D eigenvalue weighted by atomic mass is 15.0. The molecule has 0 unspecified atom stereocenters. The van der Waals surface area contributed by atoms with Crippen molar-refractivity contribution in [1.29, 1.82) is 0 Å². The molecule has 64 heavy (non-hydrogen) atoms. The predicted octanol–water partition coefficient (Wildman–Crippen LogP) is 17.2. The van der Waals surface area contributed by atoms with Gasteiger partial charge in [0.05, 0.1) is 16.6 Å². The monoisotopic (exact) mass is 812 g/mol. The van der Waals surface area contributed by atoms with Crippen LogP contribution in [0.3, 0.4) is 0 Å². The Morgan fingerprint density at radius 2 is 0.953 bits per heavy atom. The van der Waals surface area contributed by atoms with Crippen molar-refractivity contribution in [2.24, 2.45) is 0 Å². The normalized spacial score (nSPS) is 12.3. The number of hydrogen-bond acceptors (Lipinski definition) is 1. The van der Waals surface area contributed by atoms with Crippen LogP contribution in [0.5, 0.6) is 0 Å². The van der Waals surface area contributed by atoms with Crippen molar-refractivity contribution < 1.29 is 0 Å². The molecule has 11 aromatic carbocycles. The average molecular weight is 813 g/mol. The Morgan fingerprint density at radius 1 is 0.375 bits per heavy atom. The molecular weight excluding hydrogens is 773 g/mol. The summed E-state index contributed by atoms with van der Waals surface area (Å²) < 4.78 is 2.41. The molecule has 2 heteroatoms. The number of nitrogens with zero attached hydrogens (tertiary/aromatic N) is 2. The van der Waals surface area contributed by atoms with Crippen LogP contribution in [0.2, 0.25) is 0 Å². The maximum atomic E-state index is 5.53. The van der Waals surface area contributed by atoms with Gasteiger partial charge in [-0.2, -0.15) is 0 Å². The third-order valence-corrected chi connectivity index (χ3v) is 13.4. The topological polar surface area (TPSA) is 17.3 Å². The van der Waals surface area contributed by atoms with Gasteiger partial charge in [0.2, 0.25) is 0 Å². The fourth-order valence-electron chi connectivity index (χ4n) is 10.6. The molecule has 0 aliphatic carbocycles. The van der Waals surface area contributed by atoms with E-state index in [4.69, 9.17) is 4.98 Å². The van der Waals surface area contributed by atoms with Gasteiger partial charge in [-0.05, 0) is 131 Å². The number of para-hydroxylation sites is 1. The molecule has 0 saturated heterocycles. The molecule has 13 aromatic rings. The molecular formula is C62H40N2. The molecule has 13 rings (SSSR count). The minimum Gasteiger partial charge on any atom is -0.291 e. The largest absolute Gasteiger partial charge is 0.291 e. The lowest BCUT2D eigenvalue weighted by Crippen LogP contribution is -1.93. The molecule has 2 nitrogen and oxygen atoms in total. The van der Waals surface area contributed by atoms with Gasteiger partial charge in [-0.1, -0.05) is 188 Å². The molecule has 0 spiro atoms. The van der Waals surface area contributed by atoms with Gasteiger partial charge in [-0.15, -0.1) is 0 Å². The van der Waals surface area contributed by atoms with Crippen molar-refractivity contribution in [3.05, 3.63) is 224 Å². The van der Waals surface area contributed by atoms with Crippen LogP contribution < -0.4 is 0 Å². The van der Waals surface area contributed by atoms with E-state index in [0.29, 0.717) is 0 Å². The Bertz CT molecular complexity index is 4140. The van der Waals surface area contributed by atoms with E-state index in [1.165, 1.54) is 104 Å². The zero-order chi connectivity index (χ0) is 42.3. The Hall–Kier alpha value is -8.33. The van der Waals surface area contributed by atoms with Crippen LogP contribution in [0.25, 0.3) is 132 Å². The van der Waals surface area contributed by atoms with E-state index >= 15 is 0 Å². The third-order valence-electron chi connectivity index (χ3n) is 13.4. The molecule has 2 heterocycles. The van der Waals surface area contributed by atoms with E-state index < -0.39 is 0 Å². The average Bonchev–Trinajstić information content (AvgIpc) is 3.77. The summed E-state index contributed by atoms with van der Waals surface area (Å²) in [7, 11) is 0. The Balaban J connectivity index is 1.09. The van der Waals surface area contributed by atoms with Crippen molar-refractivity contribution in [2.45, 2.75) is 6.92 Å². The second kappa shape index (κ2) is 14.4. The van der Waals surface area contributed by atoms with Gasteiger partial charge in [0.1, 0.15) is 5.65 Å². The minimum absolute atomic E-state index is 0.979. The quantitative estimate of drug-likeness (QED) is 0.0961. The van der Waals surface area contributed by atoms with Gasteiger partial charge in [0.25, 0.3) is 0 Å². The van der Waals surface area contributed by atoms with Crippen molar-refractivity contribution in [3.8, 4) is 33.4 Å². The second-order valence-electron chi connectivity index (χ2n) is 17.0. The molecule has 0 atom stereocenters. The second-order valence-corrected chi connectivity index (χ2v) is 17.0. The molecule has 2 aromatic heterocycles. The SMILES string of the molecule is C/C=C\C=C/c1cccc(-c2c3ccccc3c(-c3ccc4ccccc4c3)c3ccc(-c4ccc5c(c4)c4ccccc4n4c5nc5c6ccccc6c6ccccc6c54)cc23)c1. The summed E-state index contributed by atoms with van der Waals surface area (Å²) in [4.78, 5) is 5.53. The van der Waals surface area contributed by atoms with Crippen LogP contribution in [-0.2, 0) is 0 Å². The van der Waals surface area contributed by atoms with E-state index in [2.05, 4.69) is 236 Å². The summed E-state index contributed by atoms with van der Waals surface area (Å²) in [5.74, 6) is 0. The summed E-state index contributed by atoms with van der Waals surface area (Å²) in [5, 5.41) is 15.8. The minimum atomic E-state index is 0.979. The van der Waals surface area contributed by atoms with Crippen molar-refractivity contribution in [2.75, 3.05) is 0 Å². The highest BCUT2D eigenvalue weighted by molar-refractivity contribution is 6.27. The van der Waals surface area contributed by atoms with E-state index in [1.54, 1.807) is 0 Å². The third kappa shape index (κ3) is 5.49. The Kier molecular flexibility index (Phi) is 8.16. The first-order valence-electron chi connectivity index (χ1n) is 22.2. The number of rotatable bonds is 5. The molecule has 0 N–H and O–H groups in total. The number of imidazole rings is 1. The number of fused-ring (bicyclic) bond motifs is 16. The van der Waals surface area contributed by atoms with E-state index in [-0.39, 0.29) is 0 Å². The number of benzene rings is 11. The predicted molar refractivity (Wildman–Crippen MR) is 275 cm³/mol. The molecule has 0 aliphatic rings. The number of allylic oxidation sites excluding steroid dienone is 3. The fraction of sp³-hybridized carbons (Fsp3) is 0.0161. The van der Waals surface area contributed by atoms with Crippen LogP contribution >= 0.6 is 0 Å². The first kappa shape index (κ1) is 36.3. The van der Waals surface area contributed by atoms with E-state index in [1.807, 2.05) is 0 Å². The Morgan fingerprint density at radius 3 is 1.73 bits per heavy atom. The molecule has 0 fully saturated rings. The number of aromatic nitrogens is 2. The van der Waals surface area contributed by atoms with Crippen LogP contribution in [-0.4, -0.2) is 9.38 Å². The van der Waals surface area contributed by atoms with Gasteiger partial charge >= 0.3 is 0 Å². The lowest BCUT2D eigenvalue weighted by molar-refractivity contribution is 1.32. The molecule has 0 saturated carbocycles. The van der Waals surface area contributed by atoms with Crippen LogP contribution in [0, 0.1) is 0 Å². The van der Waals surface area contributed by atoms with E-state index in [9.17, 15) is 0 Å². The summed E-state index contributed by atoms with van der Waals surface area (Å²) >= 11 is 0. The standard InChI is InChI=1S/C62H40N2/c1-2-3-4-16-39-17-15-20-44(35-39)59-50-25-10-9-24-49(50)58(45-30-29-40-18-5-6-19-41(40)36-45)51-33-31-43(38-56(51)59)42-32-34-54-55(37-42)48-23-13-14-28-57(48)64-61-53-27-12-8-22-47(53)46-21-7-11-26-52(46)60(61)63-62(54)64/h2-38H,1H3/b3-2-,16-4-. The lowest BCUT2D eigenvalue weighted by atomic mass is 9.84. The molecule has 0 aliphatic heterocycles. The highest BCUT2D eigenvalue weighted by Gasteiger charge is 2.21. The van der Waals surface area contributed by atoms with Gasteiger partial charge < -0.3 is 0 Å².